The number of hydrogen-bond acceptors (Lipinski definition) is 4. The first-order chi connectivity index (χ1) is 9.11. The van der Waals surface area contributed by atoms with E-state index in [0.29, 0.717) is 6.54 Å². The van der Waals surface area contributed by atoms with Gasteiger partial charge in [-0.25, -0.2) is 4.98 Å². The average molecular weight is 340 g/mol. The van der Waals surface area contributed by atoms with Crippen molar-refractivity contribution >= 4 is 27.3 Å². The van der Waals surface area contributed by atoms with Gasteiger partial charge in [0, 0.05) is 28.5 Å². The molecule has 2 aromatic rings. The first-order valence-electron chi connectivity index (χ1n) is 6.16. The molecular formula is C14H18BrN3S. The molecule has 19 heavy (non-hydrogen) atoms. The molecule has 1 aromatic carbocycles. The second kappa shape index (κ2) is 6.61. The molecule has 0 aliphatic heterocycles. The molecule has 1 aromatic heterocycles. The number of aromatic nitrogens is 1. The predicted molar refractivity (Wildman–Crippen MR) is 84.3 cm³/mol. The van der Waals surface area contributed by atoms with Gasteiger partial charge in [-0.2, -0.15) is 0 Å². The number of nitrogens with two attached hydrogens (primary N) is 1. The van der Waals surface area contributed by atoms with Crippen LogP contribution in [0.4, 0.5) is 0 Å². The minimum absolute atomic E-state index is 0.231. The van der Waals surface area contributed by atoms with E-state index >= 15 is 0 Å². The highest BCUT2D eigenvalue weighted by atomic mass is 79.9. The van der Waals surface area contributed by atoms with E-state index in [1.165, 1.54) is 10.4 Å². The van der Waals surface area contributed by atoms with Crippen LogP contribution in [0.1, 0.15) is 22.2 Å². The van der Waals surface area contributed by atoms with E-state index in [2.05, 4.69) is 64.1 Å². The van der Waals surface area contributed by atoms with Crippen LogP contribution in [0.3, 0.4) is 0 Å². The van der Waals surface area contributed by atoms with Crippen molar-refractivity contribution < 1.29 is 0 Å². The van der Waals surface area contributed by atoms with E-state index in [0.717, 1.165) is 16.7 Å². The van der Waals surface area contributed by atoms with Crippen LogP contribution in [0.25, 0.3) is 0 Å². The number of aryl methyl sites for hydroxylation is 1. The number of hydrogen-bond donors (Lipinski definition) is 1. The third-order valence-electron chi connectivity index (χ3n) is 3.25. The van der Waals surface area contributed by atoms with Crippen LogP contribution in [-0.4, -0.2) is 23.5 Å². The normalized spacial score (nSPS) is 12.9. The lowest BCUT2D eigenvalue weighted by Crippen LogP contribution is -2.30. The SMILES string of the molecule is Cc1ncsc1CN(C)C(CN)c1ccc(Br)cc1. The summed E-state index contributed by atoms with van der Waals surface area (Å²) in [6, 6.07) is 8.60. The Morgan fingerprint density at radius 2 is 2.05 bits per heavy atom. The molecule has 0 spiro atoms. The van der Waals surface area contributed by atoms with Crippen molar-refractivity contribution in [2.24, 2.45) is 5.73 Å². The third kappa shape index (κ3) is 3.63. The molecule has 1 unspecified atom stereocenters. The Morgan fingerprint density at radius 1 is 1.37 bits per heavy atom. The molecule has 2 N–H and O–H groups in total. The van der Waals surface area contributed by atoms with Gasteiger partial charge in [-0.15, -0.1) is 11.3 Å². The van der Waals surface area contributed by atoms with Gasteiger partial charge in [-0.05, 0) is 31.7 Å². The van der Waals surface area contributed by atoms with Crippen LogP contribution in [0.15, 0.2) is 34.2 Å². The number of halogens is 1. The Balaban J connectivity index is 2.13. The second-order valence-corrected chi connectivity index (χ2v) is 6.43. The fraction of sp³-hybridized carbons (Fsp3) is 0.357. The Kier molecular flexibility index (Phi) is 5.10. The molecule has 1 atom stereocenters. The molecule has 3 nitrogen and oxygen atoms in total. The van der Waals surface area contributed by atoms with Crippen molar-refractivity contribution in [3.63, 3.8) is 0 Å². The minimum atomic E-state index is 0.231. The van der Waals surface area contributed by atoms with Crippen LogP contribution in [0.2, 0.25) is 0 Å². The van der Waals surface area contributed by atoms with E-state index in [1.807, 2.05) is 5.51 Å². The summed E-state index contributed by atoms with van der Waals surface area (Å²) in [6.45, 7) is 3.54. The number of benzene rings is 1. The topological polar surface area (TPSA) is 42.2 Å². The molecular weight excluding hydrogens is 322 g/mol. The summed E-state index contributed by atoms with van der Waals surface area (Å²) >= 11 is 5.16. The van der Waals surface area contributed by atoms with Crippen molar-refractivity contribution in [3.8, 4) is 0 Å². The van der Waals surface area contributed by atoms with Gasteiger partial charge in [0.15, 0.2) is 0 Å². The highest BCUT2D eigenvalue weighted by Crippen LogP contribution is 2.24. The minimum Gasteiger partial charge on any atom is -0.329 e. The van der Waals surface area contributed by atoms with Gasteiger partial charge in [-0.3, -0.25) is 4.90 Å². The van der Waals surface area contributed by atoms with Gasteiger partial charge in [0.1, 0.15) is 0 Å². The maximum Gasteiger partial charge on any atom is 0.0798 e. The van der Waals surface area contributed by atoms with Crippen LogP contribution < -0.4 is 5.73 Å². The monoisotopic (exact) mass is 339 g/mol. The van der Waals surface area contributed by atoms with Crippen molar-refractivity contribution in [1.29, 1.82) is 0 Å². The summed E-state index contributed by atoms with van der Waals surface area (Å²) < 4.78 is 1.09. The molecule has 102 valence electrons. The lowest BCUT2D eigenvalue weighted by Gasteiger charge is -2.27. The zero-order valence-corrected chi connectivity index (χ0v) is 13.5. The molecule has 0 fully saturated rings. The highest BCUT2D eigenvalue weighted by Gasteiger charge is 2.17. The number of likely N-dealkylation sites (N-methyl/N-ethyl adjacent to an activating group) is 1. The molecule has 0 aliphatic carbocycles. The standard InChI is InChI=1S/C14H18BrN3S/c1-10-14(19-9-17-10)8-18(2)13(7-16)11-3-5-12(15)6-4-11/h3-6,9,13H,7-8,16H2,1-2H3. The molecule has 0 saturated heterocycles. The lowest BCUT2D eigenvalue weighted by molar-refractivity contribution is 0.243. The van der Waals surface area contributed by atoms with Crippen LogP contribution in [0, 0.1) is 6.92 Å². The fourth-order valence-electron chi connectivity index (χ4n) is 2.07. The Morgan fingerprint density at radius 3 is 2.58 bits per heavy atom. The van der Waals surface area contributed by atoms with Crippen LogP contribution in [-0.2, 0) is 6.54 Å². The summed E-state index contributed by atoms with van der Waals surface area (Å²) in [7, 11) is 2.11. The molecule has 0 saturated carbocycles. The summed E-state index contributed by atoms with van der Waals surface area (Å²) in [4.78, 5) is 7.88. The number of rotatable bonds is 5. The number of thiazole rings is 1. The summed E-state index contributed by atoms with van der Waals surface area (Å²) in [5.41, 5.74) is 10.2. The summed E-state index contributed by atoms with van der Waals surface area (Å²) in [5.74, 6) is 0. The van der Waals surface area contributed by atoms with E-state index in [4.69, 9.17) is 5.73 Å². The molecule has 0 amide bonds. The lowest BCUT2D eigenvalue weighted by atomic mass is 10.1. The molecule has 1 heterocycles. The van der Waals surface area contributed by atoms with Crippen LogP contribution >= 0.6 is 27.3 Å². The maximum atomic E-state index is 5.95. The van der Waals surface area contributed by atoms with E-state index in [1.54, 1.807) is 11.3 Å². The average Bonchev–Trinajstić information content (AvgIpc) is 2.78. The fourth-order valence-corrected chi connectivity index (χ4v) is 3.17. The van der Waals surface area contributed by atoms with Crippen molar-refractivity contribution in [3.05, 3.63) is 50.4 Å². The van der Waals surface area contributed by atoms with Gasteiger partial charge in [0.2, 0.25) is 0 Å². The third-order valence-corrected chi connectivity index (χ3v) is 4.70. The molecule has 2 rings (SSSR count). The van der Waals surface area contributed by atoms with Gasteiger partial charge in [0.25, 0.3) is 0 Å². The second-order valence-electron chi connectivity index (χ2n) is 4.58. The molecule has 0 radical (unpaired) electrons. The van der Waals surface area contributed by atoms with Crippen LogP contribution in [0.5, 0.6) is 0 Å². The highest BCUT2D eigenvalue weighted by molar-refractivity contribution is 9.10. The largest absolute Gasteiger partial charge is 0.329 e. The maximum absolute atomic E-state index is 5.95. The summed E-state index contributed by atoms with van der Waals surface area (Å²) in [5, 5.41) is 0. The molecule has 0 bridgehead atoms. The Bertz CT molecular complexity index is 524. The first kappa shape index (κ1) is 14.7. The van der Waals surface area contributed by atoms with E-state index < -0.39 is 0 Å². The Labute approximate surface area is 126 Å². The van der Waals surface area contributed by atoms with Crippen molar-refractivity contribution in [2.75, 3.05) is 13.6 Å². The molecule has 5 heteroatoms. The summed E-state index contributed by atoms with van der Waals surface area (Å²) in [6.07, 6.45) is 0. The van der Waals surface area contributed by atoms with Crippen molar-refractivity contribution in [1.82, 2.24) is 9.88 Å². The van der Waals surface area contributed by atoms with Gasteiger partial charge < -0.3 is 5.73 Å². The zero-order valence-electron chi connectivity index (χ0n) is 11.1. The Hall–Kier alpha value is -0.750. The molecule has 0 aliphatic rings. The van der Waals surface area contributed by atoms with Gasteiger partial charge in [0.05, 0.1) is 11.2 Å². The van der Waals surface area contributed by atoms with E-state index in [9.17, 15) is 0 Å². The van der Waals surface area contributed by atoms with E-state index in [-0.39, 0.29) is 6.04 Å². The first-order valence-corrected chi connectivity index (χ1v) is 7.83. The zero-order chi connectivity index (χ0) is 13.8. The number of nitrogens with zero attached hydrogens (tertiary/aromatic N) is 2. The quantitative estimate of drug-likeness (QED) is 0.908. The predicted octanol–water partition coefficient (Wildman–Crippen LogP) is 3.35. The smallest absolute Gasteiger partial charge is 0.0798 e. The van der Waals surface area contributed by atoms with Gasteiger partial charge >= 0.3 is 0 Å². The van der Waals surface area contributed by atoms with Crippen molar-refractivity contribution in [2.45, 2.75) is 19.5 Å². The van der Waals surface area contributed by atoms with Gasteiger partial charge in [-0.1, -0.05) is 28.1 Å².